The molecule has 4 heteroatoms. The van der Waals surface area contributed by atoms with Crippen LogP contribution in [0.15, 0.2) is 28.7 Å². The fourth-order valence-electron chi connectivity index (χ4n) is 2.18. The zero-order chi connectivity index (χ0) is 14.0. The second kappa shape index (κ2) is 6.16. The summed E-state index contributed by atoms with van der Waals surface area (Å²) >= 11 is 5.36. The molecule has 1 aromatic carbocycles. The van der Waals surface area contributed by atoms with E-state index < -0.39 is 0 Å². The lowest BCUT2D eigenvalue weighted by Crippen LogP contribution is -2.17. The van der Waals surface area contributed by atoms with E-state index >= 15 is 0 Å². The summed E-state index contributed by atoms with van der Waals surface area (Å²) in [5, 5.41) is 1.07. The van der Waals surface area contributed by atoms with E-state index in [4.69, 9.17) is 10.7 Å². The molecule has 102 valence electrons. The topological polar surface area (TPSA) is 38.9 Å². The zero-order valence-corrected chi connectivity index (χ0v) is 13.9. The molecule has 0 aliphatic carbocycles. The fraction of sp³-hybridized carbons (Fsp3) is 0.400. The smallest absolute Gasteiger partial charge is 0.125 e. The highest BCUT2D eigenvalue weighted by molar-refractivity contribution is 9.10. The highest BCUT2D eigenvalue weighted by Crippen LogP contribution is 2.37. The summed E-state index contributed by atoms with van der Waals surface area (Å²) in [5.74, 6) is 0.935. The number of benzene rings is 1. The summed E-state index contributed by atoms with van der Waals surface area (Å²) in [6.45, 7) is 7.19. The minimum Gasteiger partial charge on any atom is -0.330 e. The molecule has 0 amide bonds. The van der Waals surface area contributed by atoms with E-state index in [-0.39, 0.29) is 0 Å². The summed E-state index contributed by atoms with van der Waals surface area (Å²) < 4.78 is 1.09. The standard InChI is InChI=1S/C15H19BrN2S/c1-9(2)12(8-17)14-10(3)18-15(19-14)11-6-4-5-7-13(11)16/h4-7,9,12H,8,17H2,1-3H3. The molecule has 0 aliphatic rings. The average Bonchev–Trinajstić information content (AvgIpc) is 2.72. The van der Waals surface area contributed by atoms with Crippen molar-refractivity contribution in [2.24, 2.45) is 11.7 Å². The van der Waals surface area contributed by atoms with Gasteiger partial charge in [-0.15, -0.1) is 11.3 Å². The van der Waals surface area contributed by atoms with Crippen molar-refractivity contribution in [3.63, 3.8) is 0 Å². The predicted octanol–water partition coefficient (Wildman–Crippen LogP) is 4.58. The lowest BCUT2D eigenvalue weighted by atomic mass is 9.93. The van der Waals surface area contributed by atoms with Gasteiger partial charge in [0.25, 0.3) is 0 Å². The Kier molecular flexibility index (Phi) is 4.76. The summed E-state index contributed by atoms with van der Waals surface area (Å²) in [5.41, 5.74) is 8.19. The maximum absolute atomic E-state index is 5.92. The van der Waals surface area contributed by atoms with Crippen molar-refractivity contribution < 1.29 is 0 Å². The second-order valence-corrected chi connectivity index (χ2v) is 6.92. The number of nitrogens with two attached hydrogens (primary N) is 1. The highest BCUT2D eigenvalue weighted by Gasteiger charge is 2.21. The van der Waals surface area contributed by atoms with Crippen LogP contribution in [0.2, 0.25) is 0 Å². The molecule has 0 saturated heterocycles. The molecule has 0 radical (unpaired) electrons. The minimum atomic E-state index is 0.397. The predicted molar refractivity (Wildman–Crippen MR) is 86.6 cm³/mol. The van der Waals surface area contributed by atoms with Crippen LogP contribution in [0.5, 0.6) is 0 Å². The van der Waals surface area contributed by atoms with Gasteiger partial charge in [-0.05, 0) is 18.9 Å². The molecule has 1 atom stereocenters. The zero-order valence-electron chi connectivity index (χ0n) is 11.5. The van der Waals surface area contributed by atoms with Crippen LogP contribution < -0.4 is 5.73 Å². The lowest BCUT2D eigenvalue weighted by molar-refractivity contribution is 0.510. The maximum Gasteiger partial charge on any atom is 0.125 e. The molecule has 1 unspecified atom stereocenters. The second-order valence-electron chi connectivity index (χ2n) is 5.03. The van der Waals surface area contributed by atoms with Gasteiger partial charge in [0, 0.05) is 27.4 Å². The normalized spacial score (nSPS) is 12.9. The number of rotatable bonds is 4. The lowest BCUT2D eigenvalue weighted by Gasteiger charge is -2.17. The van der Waals surface area contributed by atoms with E-state index in [0.717, 1.165) is 20.7 Å². The van der Waals surface area contributed by atoms with Gasteiger partial charge in [-0.3, -0.25) is 0 Å². The first-order chi connectivity index (χ1) is 9.04. The monoisotopic (exact) mass is 338 g/mol. The van der Waals surface area contributed by atoms with Gasteiger partial charge in [0.05, 0.1) is 5.69 Å². The molecule has 0 bridgehead atoms. The molecule has 0 aliphatic heterocycles. The third kappa shape index (κ3) is 3.07. The van der Waals surface area contributed by atoms with Crippen molar-refractivity contribution in [2.45, 2.75) is 26.7 Å². The number of hydrogen-bond acceptors (Lipinski definition) is 3. The van der Waals surface area contributed by atoms with Crippen molar-refractivity contribution in [2.75, 3.05) is 6.54 Å². The average molecular weight is 339 g/mol. The number of hydrogen-bond donors (Lipinski definition) is 1. The molecular weight excluding hydrogens is 320 g/mol. The number of aryl methyl sites for hydroxylation is 1. The Morgan fingerprint density at radius 3 is 2.58 bits per heavy atom. The number of halogens is 1. The first kappa shape index (κ1) is 14.7. The third-order valence-electron chi connectivity index (χ3n) is 3.33. The fourth-order valence-corrected chi connectivity index (χ4v) is 4.18. The first-order valence-electron chi connectivity index (χ1n) is 6.46. The van der Waals surface area contributed by atoms with Crippen LogP contribution >= 0.6 is 27.3 Å². The molecule has 0 saturated carbocycles. The van der Waals surface area contributed by atoms with Crippen molar-refractivity contribution in [1.82, 2.24) is 4.98 Å². The van der Waals surface area contributed by atoms with Crippen LogP contribution in [0.4, 0.5) is 0 Å². The largest absolute Gasteiger partial charge is 0.330 e. The molecule has 2 N–H and O–H groups in total. The van der Waals surface area contributed by atoms with Crippen LogP contribution in [-0.2, 0) is 0 Å². The van der Waals surface area contributed by atoms with E-state index in [1.54, 1.807) is 11.3 Å². The summed E-state index contributed by atoms with van der Waals surface area (Å²) in [7, 11) is 0. The summed E-state index contributed by atoms with van der Waals surface area (Å²) in [6, 6.07) is 8.21. The van der Waals surface area contributed by atoms with E-state index in [1.165, 1.54) is 4.88 Å². The minimum absolute atomic E-state index is 0.397. The van der Waals surface area contributed by atoms with Gasteiger partial charge in [0.1, 0.15) is 5.01 Å². The molecule has 2 rings (SSSR count). The first-order valence-corrected chi connectivity index (χ1v) is 8.07. The van der Waals surface area contributed by atoms with E-state index in [9.17, 15) is 0 Å². The Balaban J connectivity index is 2.44. The maximum atomic E-state index is 5.92. The molecule has 1 aromatic heterocycles. The molecule has 19 heavy (non-hydrogen) atoms. The van der Waals surface area contributed by atoms with Crippen LogP contribution in [0.3, 0.4) is 0 Å². The van der Waals surface area contributed by atoms with Crippen molar-refractivity contribution in [3.05, 3.63) is 39.3 Å². The Labute approximate surface area is 127 Å². The van der Waals surface area contributed by atoms with Gasteiger partial charge in [0.15, 0.2) is 0 Å². The third-order valence-corrected chi connectivity index (χ3v) is 5.35. The van der Waals surface area contributed by atoms with Crippen LogP contribution in [0.25, 0.3) is 10.6 Å². The molecule has 2 nitrogen and oxygen atoms in total. The molecule has 2 aromatic rings. The Morgan fingerprint density at radius 2 is 2.00 bits per heavy atom. The van der Waals surface area contributed by atoms with Crippen molar-refractivity contribution >= 4 is 27.3 Å². The summed E-state index contributed by atoms with van der Waals surface area (Å²) in [4.78, 5) is 6.05. The quantitative estimate of drug-likeness (QED) is 0.886. The molecule has 1 heterocycles. The van der Waals surface area contributed by atoms with Gasteiger partial charge in [-0.2, -0.15) is 0 Å². The Hall–Kier alpha value is -0.710. The van der Waals surface area contributed by atoms with E-state index in [2.05, 4.69) is 48.8 Å². The van der Waals surface area contributed by atoms with Gasteiger partial charge in [-0.1, -0.05) is 48.0 Å². The molecule has 0 spiro atoms. The van der Waals surface area contributed by atoms with Crippen LogP contribution in [-0.4, -0.2) is 11.5 Å². The van der Waals surface area contributed by atoms with Crippen molar-refractivity contribution in [3.8, 4) is 10.6 Å². The number of nitrogens with zero attached hydrogens (tertiary/aromatic N) is 1. The number of aromatic nitrogens is 1. The van der Waals surface area contributed by atoms with Gasteiger partial charge < -0.3 is 5.73 Å². The highest BCUT2D eigenvalue weighted by atomic mass is 79.9. The SMILES string of the molecule is Cc1nc(-c2ccccc2Br)sc1C(CN)C(C)C. The Morgan fingerprint density at radius 1 is 1.32 bits per heavy atom. The molecule has 0 fully saturated rings. The summed E-state index contributed by atoms with van der Waals surface area (Å²) in [6.07, 6.45) is 0. The van der Waals surface area contributed by atoms with Crippen LogP contribution in [0.1, 0.15) is 30.3 Å². The Bertz CT molecular complexity index is 563. The van der Waals surface area contributed by atoms with Gasteiger partial charge in [0.2, 0.25) is 0 Å². The van der Waals surface area contributed by atoms with Gasteiger partial charge in [-0.25, -0.2) is 4.98 Å². The number of thiazole rings is 1. The van der Waals surface area contributed by atoms with E-state index in [1.807, 2.05) is 12.1 Å². The van der Waals surface area contributed by atoms with E-state index in [0.29, 0.717) is 18.4 Å². The molecular formula is C15H19BrN2S. The van der Waals surface area contributed by atoms with Gasteiger partial charge >= 0.3 is 0 Å². The van der Waals surface area contributed by atoms with Crippen molar-refractivity contribution in [1.29, 1.82) is 0 Å². The van der Waals surface area contributed by atoms with Crippen LogP contribution in [0, 0.1) is 12.8 Å².